The molecule has 0 amide bonds. The van der Waals surface area contributed by atoms with E-state index >= 15 is 0 Å². The SMILES string of the molecule is CC.CC.CCCC.CN.COc1cc2ncnc(Nc3ccccc3)c2cc1O. The lowest BCUT2D eigenvalue weighted by atomic mass is 10.2. The normalized spacial score (nSPS) is 8.57. The molecule has 0 saturated carbocycles. The van der Waals surface area contributed by atoms with E-state index in [1.165, 1.54) is 33.3 Å². The van der Waals surface area contributed by atoms with Gasteiger partial charge in [0.1, 0.15) is 12.1 Å². The molecule has 2 aromatic carbocycles. The molecule has 0 saturated heterocycles. The highest BCUT2D eigenvalue weighted by Gasteiger charge is 2.09. The van der Waals surface area contributed by atoms with Crippen molar-refractivity contribution in [2.45, 2.75) is 54.4 Å². The van der Waals surface area contributed by atoms with Gasteiger partial charge in [-0.25, -0.2) is 9.97 Å². The first-order valence-electron chi connectivity index (χ1n) is 10.6. The van der Waals surface area contributed by atoms with Crippen LogP contribution in [0.25, 0.3) is 10.9 Å². The van der Waals surface area contributed by atoms with E-state index in [2.05, 4.69) is 34.9 Å². The Labute approximate surface area is 182 Å². The molecule has 0 spiro atoms. The van der Waals surface area contributed by atoms with Crippen molar-refractivity contribution in [2.75, 3.05) is 19.5 Å². The van der Waals surface area contributed by atoms with E-state index in [1.54, 1.807) is 12.1 Å². The molecule has 0 aliphatic rings. The van der Waals surface area contributed by atoms with Crippen molar-refractivity contribution in [1.29, 1.82) is 0 Å². The second kappa shape index (κ2) is 19.5. The van der Waals surface area contributed by atoms with Crippen molar-refractivity contribution in [3.63, 3.8) is 0 Å². The average Bonchev–Trinajstić information content (AvgIpc) is 2.84. The Balaban J connectivity index is 0. The van der Waals surface area contributed by atoms with Gasteiger partial charge in [0, 0.05) is 17.1 Å². The summed E-state index contributed by atoms with van der Waals surface area (Å²) in [5.41, 5.74) is 6.12. The fourth-order valence-electron chi connectivity index (χ4n) is 1.99. The molecule has 1 aromatic heterocycles. The van der Waals surface area contributed by atoms with Gasteiger partial charge < -0.3 is 20.9 Å². The summed E-state index contributed by atoms with van der Waals surface area (Å²) >= 11 is 0. The number of rotatable bonds is 4. The molecule has 0 aliphatic carbocycles. The number of aromatic nitrogens is 2. The Bertz CT molecular complexity index is 779. The Kier molecular flexibility index (Phi) is 19.0. The van der Waals surface area contributed by atoms with Crippen LogP contribution in [0.3, 0.4) is 0 Å². The van der Waals surface area contributed by atoms with Gasteiger partial charge in [0.2, 0.25) is 0 Å². The van der Waals surface area contributed by atoms with Gasteiger partial charge in [0.15, 0.2) is 11.5 Å². The molecule has 3 rings (SSSR count). The summed E-state index contributed by atoms with van der Waals surface area (Å²) < 4.78 is 5.08. The number of unbranched alkanes of at least 4 members (excludes halogenated alkanes) is 1. The summed E-state index contributed by atoms with van der Waals surface area (Å²) in [6, 6.07) is 13.0. The van der Waals surface area contributed by atoms with E-state index in [-0.39, 0.29) is 5.75 Å². The number of anilines is 2. The number of hydrogen-bond donors (Lipinski definition) is 3. The second-order valence-corrected chi connectivity index (χ2v) is 5.25. The van der Waals surface area contributed by atoms with E-state index < -0.39 is 0 Å². The number of methoxy groups -OCH3 is 1. The van der Waals surface area contributed by atoms with Crippen LogP contribution in [0, 0.1) is 0 Å². The Morgan fingerprint density at radius 1 is 0.933 bits per heavy atom. The number of phenols is 1. The summed E-state index contributed by atoms with van der Waals surface area (Å²) in [6.07, 6.45) is 4.12. The van der Waals surface area contributed by atoms with Gasteiger partial charge in [-0.1, -0.05) is 72.6 Å². The first-order chi connectivity index (χ1) is 14.7. The lowest BCUT2D eigenvalue weighted by Crippen LogP contribution is -1.96. The fourth-order valence-corrected chi connectivity index (χ4v) is 1.99. The van der Waals surface area contributed by atoms with Gasteiger partial charge in [-0.2, -0.15) is 0 Å². The van der Waals surface area contributed by atoms with Crippen LogP contribution in [0.2, 0.25) is 0 Å². The van der Waals surface area contributed by atoms with E-state index in [0.29, 0.717) is 17.1 Å². The Hall–Kier alpha value is -2.86. The highest BCUT2D eigenvalue weighted by Crippen LogP contribution is 2.33. The zero-order valence-corrected chi connectivity index (χ0v) is 19.9. The summed E-state index contributed by atoms with van der Waals surface area (Å²) in [7, 11) is 3.01. The number of nitrogens with two attached hydrogens (primary N) is 1. The van der Waals surface area contributed by atoms with Crippen LogP contribution in [0.1, 0.15) is 54.4 Å². The summed E-state index contributed by atoms with van der Waals surface area (Å²) in [5.74, 6) is 1.09. The highest BCUT2D eigenvalue weighted by molar-refractivity contribution is 5.92. The van der Waals surface area contributed by atoms with E-state index in [1.807, 2.05) is 58.0 Å². The van der Waals surface area contributed by atoms with Gasteiger partial charge in [0.05, 0.1) is 12.6 Å². The second-order valence-electron chi connectivity index (χ2n) is 5.25. The van der Waals surface area contributed by atoms with Crippen molar-refractivity contribution >= 4 is 22.4 Å². The van der Waals surface area contributed by atoms with Crippen molar-refractivity contribution in [1.82, 2.24) is 9.97 Å². The molecule has 0 bridgehead atoms. The van der Waals surface area contributed by atoms with Gasteiger partial charge in [-0.05, 0) is 25.2 Å². The zero-order valence-electron chi connectivity index (χ0n) is 19.9. The van der Waals surface area contributed by atoms with Crippen LogP contribution in [0.15, 0.2) is 48.8 Å². The standard InChI is InChI=1S/C15H13N3O2.C4H10.2C2H6.CH5N/c1-20-14-8-12-11(7-13(14)19)15(17-9-16-12)18-10-5-3-2-4-6-10;1-3-4-2;3*1-2/h2-9,19H,1H3,(H,16,17,18);3-4H2,1-2H3;2*1-2H3;2H2,1H3. The monoisotopic (exact) mass is 416 g/mol. The molecule has 6 nitrogen and oxygen atoms in total. The number of nitrogens with one attached hydrogen (secondary N) is 1. The van der Waals surface area contributed by atoms with Crippen LogP contribution in [0.4, 0.5) is 11.5 Å². The molecule has 4 N–H and O–H groups in total. The number of ether oxygens (including phenoxy) is 1. The molecular weight excluding hydrogens is 376 g/mol. The molecule has 1 heterocycles. The lowest BCUT2D eigenvalue weighted by molar-refractivity contribution is 0.374. The highest BCUT2D eigenvalue weighted by atomic mass is 16.5. The zero-order chi connectivity index (χ0) is 23.4. The maximum atomic E-state index is 9.89. The number of nitrogens with zero attached hydrogens (tertiary/aromatic N) is 2. The van der Waals surface area contributed by atoms with Crippen LogP contribution < -0.4 is 15.8 Å². The number of benzene rings is 2. The van der Waals surface area contributed by atoms with Crippen molar-refractivity contribution in [3.05, 3.63) is 48.8 Å². The molecule has 6 heteroatoms. The molecule has 0 fully saturated rings. The number of para-hydroxylation sites is 1. The maximum Gasteiger partial charge on any atom is 0.162 e. The molecule has 0 atom stereocenters. The molecule has 0 aliphatic heterocycles. The van der Waals surface area contributed by atoms with E-state index in [0.717, 1.165) is 11.1 Å². The largest absolute Gasteiger partial charge is 0.504 e. The molecule has 0 radical (unpaired) electrons. The first kappa shape index (κ1) is 29.3. The smallest absolute Gasteiger partial charge is 0.162 e. The van der Waals surface area contributed by atoms with E-state index in [9.17, 15) is 5.11 Å². The van der Waals surface area contributed by atoms with Gasteiger partial charge in [0.25, 0.3) is 0 Å². The summed E-state index contributed by atoms with van der Waals surface area (Å²) in [4.78, 5) is 8.42. The minimum absolute atomic E-state index is 0.0610. The van der Waals surface area contributed by atoms with Crippen molar-refractivity contribution in [2.24, 2.45) is 5.73 Å². The lowest BCUT2D eigenvalue weighted by Gasteiger charge is -2.10. The van der Waals surface area contributed by atoms with Crippen molar-refractivity contribution in [3.8, 4) is 11.5 Å². The predicted molar refractivity (Wildman–Crippen MR) is 131 cm³/mol. The van der Waals surface area contributed by atoms with Crippen LogP contribution in [0.5, 0.6) is 11.5 Å². The number of fused-ring (bicyclic) bond motifs is 1. The average molecular weight is 417 g/mol. The Morgan fingerprint density at radius 2 is 1.50 bits per heavy atom. The molecule has 168 valence electrons. The third kappa shape index (κ3) is 10.1. The number of phenolic OH excluding ortho intramolecular Hbond substituents is 1. The van der Waals surface area contributed by atoms with Crippen LogP contribution >= 0.6 is 0 Å². The number of hydrogen-bond acceptors (Lipinski definition) is 6. The third-order valence-corrected chi connectivity index (χ3v) is 3.47. The van der Waals surface area contributed by atoms with Crippen LogP contribution in [-0.2, 0) is 0 Å². The number of aromatic hydroxyl groups is 1. The topological polar surface area (TPSA) is 93.3 Å². The molecular formula is C24H40N4O2. The summed E-state index contributed by atoms with van der Waals surface area (Å²) in [5, 5.41) is 13.8. The maximum absolute atomic E-state index is 9.89. The minimum atomic E-state index is 0.0610. The molecule has 3 aromatic rings. The summed E-state index contributed by atoms with van der Waals surface area (Å²) in [6.45, 7) is 12.4. The fraction of sp³-hybridized carbons (Fsp3) is 0.417. The van der Waals surface area contributed by atoms with Gasteiger partial charge in [-0.15, -0.1) is 0 Å². The molecule has 30 heavy (non-hydrogen) atoms. The molecule has 0 unspecified atom stereocenters. The third-order valence-electron chi connectivity index (χ3n) is 3.47. The quantitative estimate of drug-likeness (QED) is 0.448. The first-order valence-corrected chi connectivity index (χ1v) is 10.6. The van der Waals surface area contributed by atoms with Gasteiger partial charge in [-0.3, -0.25) is 0 Å². The Morgan fingerprint density at radius 3 is 2.00 bits per heavy atom. The minimum Gasteiger partial charge on any atom is -0.504 e. The van der Waals surface area contributed by atoms with Crippen LogP contribution in [-0.4, -0.2) is 29.2 Å². The van der Waals surface area contributed by atoms with Crippen molar-refractivity contribution < 1.29 is 9.84 Å². The van der Waals surface area contributed by atoms with E-state index in [4.69, 9.17) is 4.74 Å². The predicted octanol–water partition coefficient (Wildman–Crippen LogP) is 6.52. The van der Waals surface area contributed by atoms with Gasteiger partial charge >= 0.3 is 0 Å².